The summed E-state index contributed by atoms with van der Waals surface area (Å²) in [4.78, 5) is 0. The molecule has 0 amide bonds. The Morgan fingerprint density at radius 2 is 2.25 bits per heavy atom. The number of hydrogen-bond donors (Lipinski definition) is 0. The number of nitrogens with zero attached hydrogens (tertiary/aromatic N) is 4. The summed E-state index contributed by atoms with van der Waals surface area (Å²) in [5, 5.41) is 8.16. The van der Waals surface area contributed by atoms with Crippen LogP contribution in [0.1, 0.15) is 0 Å². The Morgan fingerprint density at radius 1 is 1.33 bits per heavy atom. The molecule has 0 saturated carbocycles. The lowest BCUT2D eigenvalue weighted by atomic mass is 10.7. The first-order chi connectivity index (χ1) is 5.84. The van der Waals surface area contributed by atoms with Crippen molar-refractivity contribution in [2.24, 2.45) is 0 Å². The third kappa shape index (κ3) is 1.55. The summed E-state index contributed by atoms with van der Waals surface area (Å²) < 4.78 is 4.59. The first-order valence-electron chi connectivity index (χ1n) is 3.50. The Balaban J connectivity index is 2.14. The highest BCUT2D eigenvalue weighted by molar-refractivity contribution is 9.10. The minimum Gasteiger partial charge on any atom is -0.251 e. The van der Waals surface area contributed by atoms with Crippen LogP contribution in [0.3, 0.4) is 0 Å². The molecule has 0 radical (unpaired) electrons. The van der Waals surface area contributed by atoms with E-state index in [9.17, 15) is 0 Å². The minimum atomic E-state index is 0.651. The smallest absolute Gasteiger partial charge is 0.133 e. The largest absolute Gasteiger partial charge is 0.251 e. The summed E-state index contributed by atoms with van der Waals surface area (Å²) in [7, 11) is 0. The Kier molecular flexibility index (Phi) is 1.95. The van der Waals surface area contributed by atoms with E-state index in [1.807, 2.05) is 18.5 Å². The molecule has 0 saturated heterocycles. The van der Waals surface area contributed by atoms with Gasteiger partial charge in [0.15, 0.2) is 0 Å². The Morgan fingerprint density at radius 3 is 2.83 bits per heavy atom. The van der Waals surface area contributed by atoms with Gasteiger partial charge in [-0.05, 0) is 22.0 Å². The van der Waals surface area contributed by atoms with E-state index in [0.717, 1.165) is 4.47 Å². The molecule has 0 spiro atoms. The van der Waals surface area contributed by atoms with E-state index >= 15 is 0 Å². The van der Waals surface area contributed by atoms with Crippen molar-refractivity contribution in [3.63, 3.8) is 0 Å². The first-order valence-corrected chi connectivity index (χ1v) is 4.29. The molecule has 12 heavy (non-hydrogen) atoms. The van der Waals surface area contributed by atoms with E-state index in [4.69, 9.17) is 0 Å². The van der Waals surface area contributed by atoms with Gasteiger partial charge >= 0.3 is 0 Å². The summed E-state index contributed by atoms with van der Waals surface area (Å²) in [6.45, 7) is 0.651. The number of aromatic nitrogens is 4. The summed E-state index contributed by atoms with van der Waals surface area (Å²) >= 11 is 3.32. The molecule has 2 rings (SSSR count). The van der Waals surface area contributed by atoms with Gasteiger partial charge in [-0.2, -0.15) is 10.2 Å². The molecule has 4 nitrogen and oxygen atoms in total. The second-order valence-corrected chi connectivity index (χ2v) is 3.30. The summed E-state index contributed by atoms with van der Waals surface area (Å²) in [6.07, 6.45) is 7.30. The Labute approximate surface area is 77.9 Å². The predicted octanol–water partition coefficient (Wildman–Crippen LogP) is 1.35. The lowest BCUT2D eigenvalue weighted by molar-refractivity contribution is 0.503. The maximum Gasteiger partial charge on any atom is 0.133 e. The zero-order valence-electron chi connectivity index (χ0n) is 6.26. The van der Waals surface area contributed by atoms with Crippen molar-refractivity contribution < 1.29 is 0 Å². The molecule has 2 aromatic heterocycles. The van der Waals surface area contributed by atoms with Crippen molar-refractivity contribution in [1.82, 2.24) is 19.6 Å². The van der Waals surface area contributed by atoms with Gasteiger partial charge in [-0.1, -0.05) is 0 Å². The minimum absolute atomic E-state index is 0.651. The highest BCUT2D eigenvalue weighted by atomic mass is 79.9. The van der Waals surface area contributed by atoms with Crippen LogP contribution in [0.2, 0.25) is 0 Å². The van der Waals surface area contributed by atoms with Gasteiger partial charge in [-0.3, -0.25) is 4.68 Å². The average molecular weight is 227 g/mol. The van der Waals surface area contributed by atoms with Crippen LogP contribution in [-0.4, -0.2) is 19.6 Å². The van der Waals surface area contributed by atoms with E-state index in [1.165, 1.54) is 0 Å². The van der Waals surface area contributed by atoms with E-state index in [1.54, 1.807) is 21.8 Å². The van der Waals surface area contributed by atoms with Crippen LogP contribution >= 0.6 is 15.9 Å². The molecule has 0 atom stereocenters. The van der Waals surface area contributed by atoms with E-state index in [-0.39, 0.29) is 0 Å². The molecule has 0 bridgehead atoms. The van der Waals surface area contributed by atoms with Gasteiger partial charge in [-0.15, -0.1) is 0 Å². The van der Waals surface area contributed by atoms with E-state index in [0.29, 0.717) is 6.67 Å². The van der Waals surface area contributed by atoms with Crippen LogP contribution in [0.25, 0.3) is 0 Å². The molecule has 0 aromatic carbocycles. The summed E-state index contributed by atoms with van der Waals surface area (Å²) in [5.41, 5.74) is 0. The quantitative estimate of drug-likeness (QED) is 0.776. The molecule has 62 valence electrons. The van der Waals surface area contributed by atoms with Crippen LogP contribution in [-0.2, 0) is 6.67 Å². The van der Waals surface area contributed by atoms with Crippen molar-refractivity contribution >= 4 is 15.9 Å². The molecular formula is C7H7BrN4. The van der Waals surface area contributed by atoms with Crippen molar-refractivity contribution in [3.05, 3.63) is 35.3 Å². The second kappa shape index (κ2) is 3.10. The summed E-state index contributed by atoms with van der Waals surface area (Å²) in [6, 6.07) is 1.89. The standard InChI is InChI=1S/C7H7BrN4/c8-7-4-10-12(5-7)6-11-3-1-2-9-11/h1-5H,6H2. The van der Waals surface area contributed by atoms with Gasteiger partial charge in [0.2, 0.25) is 0 Å². The zero-order valence-corrected chi connectivity index (χ0v) is 7.85. The number of halogens is 1. The lowest BCUT2D eigenvalue weighted by Gasteiger charge is -1.99. The average Bonchev–Trinajstić information content (AvgIpc) is 2.63. The van der Waals surface area contributed by atoms with Crippen molar-refractivity contribution in [2.75, 3.05) is 0 Å². The van der Waals surface area contributed by atoms with Gasteiger partial charge in [-0.25, -0.2) is 4.68 Å². The van der Waals surface area contributed by atoms with E-state index < -0.39 is 0 Å². The van der Waals surface area contributed by atoms with Crippen LogP contribution in [0, 0.1) is 0 Å². The van der Waals surface area contributed by atoms with E-state index in [2.05, 4.69) is 26.1 Å². The normalized spacial score (nSPS) is 10.4. The molecular weight excluding hydrogens is 220 g/mol. The van der Waals surface area contributed by atoms with Gasteiger partial charge < -0.3 is 0 Å². The highest BCUT2D eigenvalue weighted by Crippen LogP contribution is 2.05. The van der Waals surface area contributed by atoms with Crippen LogP contribution in [0.15, 0.2) is 35.3 Å². The third-order valence-electron chi connectivity index (χ3n) is 1.45. The maximum absolute atomic E-state index is 4.10. The molecule has 0 unspecified atom stereocenters. The monoisotopic (exact) mass is 226 g/mol. The fourth-order valence-electron chi connectivity index (χ4n) is 0.948. The Bertz CT molecular complexity index is 351. The molecule has 0 fully saturated rings. The van der Waals surface area contributed by atoms with Gasteiger partial charge in [0.1, 0.15) is 6.67 Å². The van der Waals surface area contributed by atoms with Gasteiger partial charge in [0.25, 0.3) is 0 Å². The highest BCUT2D eigenvalue weighted by Gasteiger charge is 1.94. The molecule has 2 aromatic rings. The SMILES string of the molecule is Brc1cnn(Cn2cccn2)c1. The second-order valence-electron chi connectivity index (χ2n) is 2.38. The van der Waals surface area contributed by atoms with Crippen molar-refractivity contribution in [2.45, 2.75) is 6.67 Å². The maximum atomic E-state index is 4.10. The van der Waals surface area contributed by atoms with Crippen LogP contribution in [0.4, 0.5) is 0 Å². The van der Waals surface area contributed by atoms with Crippen molar-refractivity contribution in [1.29, 1.82) is 0 Å². The molecule has 0 aliphatic heterocycles. The molecule has 5 heteroatoms. The van der Waals surface area contributed by atoms with Crippen LogP contribution in [0.5, 0.6) is 0 Å². The fraction of sp³-hybridized carbons (Fsp3) is 0.143. The fourth-order valence-corrected chi connectivity index (χ4v) is 1.28. The number of rotatable bonds is 2. The third-order valence-corrected chi connectivity index (χ3v) is 1.86. The number of hydrogen-bond acceptors (Lipinski definition) is 2. The topological polar surface area (TPSA) is 35.6 Å². The summed E-state index contributed by atoms with van der Waals surface area (Å²) in [5.74, 6) is 0. The first kappa shape index (κ1) is 7.54. The predicted molar refractivity (Wildman–Crippen MR) is 47.6 cm³/mol. The van der Waals surface area contributed by atoms with Gasteiger partial charge in [0, 0.05) is 18.6 Å². The molecule has 0 aliphatic rings. The molecule has 0 N–H and O–H groups in total. The molecule has 2 heterocycles. The molecule has 0 aliphatic carbocycles. The lowest BCUT2D eigenvalue weighted by Crippen LogP contribution is -2.08. The van der Waals surface area contributed by atoms with Crippen molar-refractivity contribution in [3.8, 4) is 0 Å². The zero-order chi connectivity index (χ0) is 8.39. The van der Waals surface area contributed by atoms with Crippen LogP contribution < -0.4 is 0 Å². The van der Waals surface area contributed by atoms with Gasteiger partial charge in [0.05, 0.1) is 10.7 Å². The Hall–Kier alpha value is -1.10.